The molecule has 0 aliphatic carbocycles. The highest BCUT2D eigenvalue weighted by atomic mass is 35.5. The molecule has 1 rings (SSSR count). The third-order valence-electron chi connectivity index (χ3n) is 1.90. The van der Waals surface area contributed by atoms with Crippen molar-refractivity contribution in [3.8, 4) is 0 Å². The van der Waals surface area contributed by atoms with Crippen LogP contribution in [0.1, 0.15) is 18.1 Å². The number of benzene rings is 1. The second-order valence-corrected chi connectivity index (χ2v) is 3.42. The summed E-state index contributed by atoms with van der Waals surface area (Å²) in [6.45, 7) is 3.14. The zero-order chi connectivity index (χ0) is 10.0. The molecule has 1 nitrogen and oxygen atoms in total. The topological polar surface area (TPSA) is 17.1 Å². The fraction of sp³-hybridized carbons (Fsp3) is 0.300. The summed E-state index contributed by atoms with van der Waals surface area (Å²) in [6.07, 6.45) is 0.109. The number of hydrogen-bond donors (Lipinski definition) is 0. The number of ketones is 1. The Kier molecular flexibility index (Phi) is 3.04. The van der Waals surface area contributed by atoms with Crippen molar-refractivity contribution in [1.82, 2.24) is 0 Å². The molecule has 1 aromatic rings. The molecule has 13 heavy (non-hydrogen) atoms. The summed E-state index contributed by atoms with van der Waals surface area (Å²) in [5.74, 6) is -0.429. The molecule has 70 valence electrons. The summed E-state index contributed by atoms with van der Waals surface area (Å²) in [5, 5.41) is 0.498. The Hall–Kier alpha value is -0.890. The van der Waals surface area contributed by atoms with Crippen LogP contribution in [-0.2, 0) is 11.2 Å². The van der Waals surface area contributed by atoms with Gasteiger partial charge in [-0.2, -0.15) is 0 Å². The normalized spacial score (nSPS) is 10.2. The summed E-state index contributed by atoms with van der Waals surface area (Å²) in [6, 6.07) is 2.78. The Morgan fingerprint density at radius 3 is 2.69 bits per heavy atom. The highest BCUT2D eigenvalue weighted by Gasteiger charge is 2.10. The maximum absolute atomic E-state index is 13.2. The highest BCUT2D eigenvalue weighted by molar-refractivity contribution is 6.31. The molecule has 0 unspecified atom stereocenters. The number of halogens is 2. The lowest BCUT2D eigenvalue weighted by Gasteiger charge is -2.06. The van der Waals surface area contributed by atoms with Gasteiger partial charge in [0.1, 0.15) is 11.6 Å². The van der Waals surface area contributed by atoms with E-state index in [0.29, 0.717) is 16.1 Å². The van der Waals surface area contributed by atoms with Gasteiger partial charge in [0.05, 0.1) is 0 Å². The molecule has 0 aliphatic heterocycles. The fourth-order valence-electron chi connectivity index (χ4n) is 1.16. The van der Waals surface area contributed by atoms with E-state index >= 15 is 0 Å². The van der Waals surface area contributed by atoms with E-state index in [1.807, 2.05) is 0 Å². The van der Waals surface area contributed by atoms with E-state index in [9.17, 15) is 9.18 Å². The van der Waals surface area contributed by atoms with Crippen molar-refractivity contribution < 1.29 is 9.18 Å². The van der Waals surface area contributed by atoms with Gasteiger partial charge in [-0.25, -0.2) is 4.39 Å². The van der Waals surface area contributed by atoms with Gasteiger partial charge in [-0.05, 0) is 37.1 Å². The molecular weight excluding hydrogens is 191 g/mol. The van der Waals surface area contributed by atoms with E-state index in [1.165, 1.54) is 19.1 Å². The minimum absolute atomic E-state index is 0.0655. The van der Waals surface area contributed by atoms with E-state index in [1.54, 1.807) is 6.92 Å². The number of carbonyl (C=O) groups excluding carboxylic acids is 1. The van der Waals surface area contributed by atoms with Gasteiger partial charge in [0, 0.05) is 11.4 Å². The molecule has 0 aromatic heterocycles. The number of hydrogen-bond acceptors (Lipinski definition) is 1. The summed E-state index contributed by atoms with van der Waals surface area (Å²) < 4.78 is 13.2. The van der Waals surface area contributed by atoms with Gasteiger partial charge >= 0.3 is 0 Å². The van der Waals surface area contributed by atoms with Crippen LogP contribution < -0.4 is 0 Å². The van der Waals surface area contributed by atoms with Crippen molar-refractivity contribution in [2.45, 2.75) is 20.3 Å². The van der Waals surface area contributed by atoms with Crippen LogP contribution >= 0.6 is 11.6 Å². The third kappa shape index (κ3) is 2.28. The standard InChI is InChI=1S/C10H10ClFO/c1-6(13)5-8-7(2)9(11)3-4-10(8)12/h3-4H,5H2,1-2H3. The Morgan fingerprint density at radius 2 is 2.15 bits per heavy atom. The first-order valence-electron chi connectivity index (χ1n) is 3.95. The quantitative estimate of drug-likeness (QED) is 0.718. The molecule has 0 heterocycles. The van der Waals surface area contributed by atoms with E-state index in [4.69, 9.17) is 11.6 Å². The lowest BCUT2D eigenvalue weighted by atomic mass is 10.0. The molecule has 0 N–H and O–H groups in total. The first kappa shape index (κ1) is 10.2. The van der Waals surface area contributed by atoms with Gasteiger partial charge in [-0.3, -0.25) is 4.79 Å². The van der Waals surface area contributed by atoms with Crippen molar-refractivity contribution in [3.05, 3.63) is 34.1 Å². The molecule has 0 amide bonds. The predicted octanol–water partition coefficient (Wildman–Crippen LogP) is 2.92. The van der Waals surface area contributed by atoms with Crippen molar-refractivity contribution in [1.29, 1.82) is 0 Å². The zero-order valence-electron chi connectivity index (χ0n) is 7.53. The van der Waals surface area contributed by atoms with Crippen LogP contribution in [0.3, 0.4) is 0 Å². The molecule has 0 spiro atoms. The van der Waals surface area contributed by atoms with Gasteiger partial charge < -0.3 is 0 Å². The lowest BCUT2D eigenvalue weighted by Crippen LogP contribution is -2.02. The molecular formula is C10H10ClFO. The minimum Gasteiger partial charge on any atom is -0.300 e. The van der Waals surface area contributed by atoms with E-state index in [-0.39, 0.29) is 18.0 Å². The van der Waals surface area contributed by atoms with Crippen molar-refractivity contribution in [2.75, 3.05) is 0 Å². The molecule has 0 bridgehead atoms. The molecule has 0 saturated heterocycles. The average Bonchev–Trinajstić information content (AvgIpc) is 2.05. The van der Waals surface area contributed by atoms with Crippen molar-refractivity contribution in [2.24, 2.45) is 0 Å². The van der Waals surface area contributed by atoms with Crippen LogP contribution in [0.2, 0.25) is 5.02 Å². The summed E-state index contributed by atoms with van der Waals surface area (Å²) in [5.41, 5.74) is 1.05. The SMILES string of the molecule is CC(=O)Cc1c(F)ccc(Cl)c1C. The maximum atomic E-state index is 13.2. The van der Waals surface area contributed by atoms with Crippen molar-refractivity contribution in [3.63, 3.8) is 0 Å². The largest absolute Gasteiger partial charge is 0.300 e. The van der Waals surface area contributed by atoms with Gasteiger partial charge in [0.15, 0.2) is 0 Å². The van der Waals surface area contributed by atoms with Crippen molar-refractivity contribution >= 4 is 17.4 Å². The number of Topliss-reactive ketones (excluding diaryl/α,β-unsaturated/α-hetero) is 1. The first-order valence-corrected chi connectivity index (χ1v) is 4.33. The fourth-order valence-corrected chi connectivity index (χ4v) is 1.34. The Labute approximate surface area is 81.5 Å². The second kappa shape index (κ2) is 3.88. The van der Waals surface area contributed by atoms with Crippen LogP contribution in [0.15, 0.2) is 12.1 Å². The Balaban J connectivity index is 3.17. The Bertz CT molecular complexity index is 347. The highest BCUT2D eigenvalue weighted by Crippen LogP contribution is 2.22. The number of rotatable bonds is 2. The van der Waals surface area contributed by atoms with E-state index < -0.39 is 0 Å². The average molecular weight is 201 g/mol. The van der Waals surface area contributed by atoms with Crippen LogP contribution in [0.4, 0.5) is 4.39 Å². The first-order chi connectivity index (χ1) is 6.02. The van der Waals surface area contributed by atoms with Crippen LogP contribution in [0, 0.1) is 12.7 Å². The summed E-state index contributed by atoms with van der Waals surface area (Å²) >= 11 is 5.79. The second-order valence-electron chi connectivity index (χ2n) is 3.01. The maximum Gasteiger partial charge on any atom is 0.134 e. The van der Waals surface area contributed by atoms with Gasteiger partial charge in [-0.15, -0.1) is 0 Å². The molecule has 0 radical (unpaired) electrons. The van der Waals surface area contributed by atoms with E-state index in [2.05, 4.69) is 0 Å². The van der Waals surface area contributed by atoms with Gasteiger partial charge in [-0.1, -0.05) is 11.6 Å². The lowest BCUT2D eigenvalue weighted by molar-refractivity contribution is -0.116. The molecule has 3 heteroatoms. The predicted molar refractivity (Wildman–Crippen MR) is 50.5 cm³/mol. The molecule has 0 aliphatic rings. The summed E-state index contributed by atoms with van der Waals surface area (Å²) in [4.78, 5) is 10.8. The van der Waals surface area contributed by atoms with Gasteiger partial charge in [0.2, 0.25) is 0 Å². The molecule has 0 fully saturated rings. The minimum atomic E-state index is -0.364. The van der Waals surface area contributed by atoms with Crippen LogP contribution in [-0.4, -0.2) is 5.78 Å². The monoisotopic (exact) mass is 200 g/mol. The molecule has 0 saturated carbocycles. The molecule has 1 aromatic carbocycles. The summed E-state index contributed by atoms with van der Waals surface area (Å²) in [7, 11) is 0. The van der Waals surface area contributed by atoms with Crippen LogP contribution in [0.25, 0.3) is 0 Å². The molecule has 0 atom stereocenters. The third-order valence-corrected chi connectivity index (χ3v) is 2.31. The van der Waals surface area contributed by atoms with E-state index in [0.717, 1.165) is 0 Å². The Morgan fingerprint density at radius 1 is 1.54 bits per heavy atom. The number of carbonyl (C=O) groups is 1. The smallest absolute Gasteiger partial charge is 0.134 e. The zero-order valence-corrected chi connectivity index (χ0v) is 8.28. The van der Waals surface area contributed by atoms with Crippen LogP contribution in [0.5, 0.6) is 0 Å². The van der Waals surface area contributed by atoms with Gasteiger partial charge in [0.25, 0.3) is 0 Å².